The second-order valence-electron chi connectivity index (χ2n) is 6.65. The minimum absolute atomic E-state index is 0.148. The molecule has 0 radical (unpaired) electrons. The summed E-state index contributed by atoms with van der Waals surface area (Å²) in [6.45, 7) is 0. The number of hydrogen-bond acceptors (Lipinski definition) is 3. The Hall–Kier alpha value is -3.53. The van der Waals surface area contributed by atoms with Gasteiger partial charge in [0.05, 0.1) is 14.2 Å². The molecule has 29 heavy (non-hydrogen) atoms. The van der Waals surface area contributed by atoms with E-state index in [4.69, 9.17) is 9.47 Å². The molecule has 4 nitrogen and oxygen atoms in total. The van der Waals surface area contributed by atoms with Crippen LogP contribution in [-0.2, 0) is 17.6 Å². The smallest absolute Gasteiger partial charge is 0.248 e. The number of anilines is 1. The molecule has 0 unspecified atom stereocenters. The lowest BCUT2D eigenvalue weighted by Gasteiger charge is -2.09. The lowest BCUT2D eigenvalue weighted by Crippen LogP contribution is -2.07. The van der Waals surface area contributed by atoms with Crippen LogP contribution in [0.5, 0.6) is 11.5 Å². The average molecular weight is 387 g/mol. The van der Waals surface area contributed by atoms with Gasteiger partial charge in [-0.3, -0.25) is 4.79 Å². The van der Waals surface area contributed by atoms with Crippen molar-refractivity contribution in [3.05, 3.63) is 95.6 Å². The van der Waals surface area contributed by atoms with Crippen molar-refractivity contribution in [2.24, 2.45) is 0 Å². The van der Waals surface area contributed by atoms with Crippen LogP contribution in [0.1, 0.15) is 16.7 Å². The molecule has 0 aromatic heterocycles. The molecule has 0 aliphatic rings. The molecule has 148 valence electrons. The van der Waals surface area contributed by atoms with Crippen molar-refractivity contribution in [1.82, 2.24) is 0 Å². The summed E-state index contributed by atoms with van der Waals surface area (Å²) in [7, 11) is 3.31. The van der Waals surface area contributed by atoms with Crippen LogP contribution in [0, 0.1) is 0 Å². The van der Waals surface area contributed by atoms with Gasteiger partial charge >= 0.3 is 0 Å². The monoisotopic (exact) mass is 387 g/mol. The summed E-state index contributed by atoms with van der Waals surface area (Å²) in [5.41, 5.74) is 4.13. The predicted molar refractivity (Wildman–Crippen MR) is 118 cm³/mol. The highest BCUT2D eigenvalue weighted by Gasteiger charge is 2.04. The molecule has 0 aliphatic heterocycles. The summed E-state index contributed by atoms with van der Waals surface area (Å²) in [6, 6.07) is 23.6. The van der Waals surface area contributed by atoms with Gasteiger partial charge in [-0.2, -0.15) is 0 Å². The number of methoxy groups -OCH3 is 2. The summed E-state index contributed by atoms with van der Waals surface area (Å²) in [5, 5.41) is 2.88. The van der Waals surface area contributed by atoms with Crippen molar-refractivity contribution in [3.63, 3.8) is 0 Å². The second kappa shape index (κ2) is 10.1. The number of benzene rings is 3. The van der Waals surface area contributed by atoms with Gasteiger partial charge in [0.25, 0.3) is 0 Å². The fraction of sp³-hybridized carbons (Fsp3) is 0.160. The number of nitrogens with one attached hydrogen (secondary N) is 1. The summed E-state index contributed by atoms with van der Waals surface area (Å²) in [5.74, 6) is 1.44. The molecule has 0 fully saturated rings. The van der Waals surface area contributed by atoms with Crippen LogP contribution in [0.15, 0.2) is 78.9 Å². The van der Waals surface area contributed by atoms with E-state index >= 15 is 0 Å². The van der Waals surface area contributed by atoms with Crippen molar-refractivity contribution < 1.29 is 14.3 Å². The number of aryl methyl sites for hydroxylation is 2. The van der Waals surface area contributed by atoms with Gasteiger partial charge in [-0.05, 0) is 59.9 Å². The van der Waals surface area contributed by atoms with E-state index in [0.717, 1.165) is 41.2 Å². The Morgan fingerprint density at radius 3 is 2.07 bits per heavy atom. The third-order valence-electron chi connectivity index (χ3n) is 4.56. The van der Waals surface area contributed by atoms with E-state index in [0.29, 0.717) is 0 Å². The molecule has 3 aromatic rings. The van der Waals surface area contributed by atoms with Crippen molar-refractivity contribution in [1.29, 1.82) is 0 Å². The highest BCUT2D eigenvalue weighted by Crippen LogP contribution is 2.23. The van der Waals surface area contributed by atoms with Crippen molar-refractivity contribution >= 4 is 17.7 Å². The van der Waals surface area contributed by atoms with Gasteiger partial charge in [0.1, 0.15) is 11.5 Å². The first-order valence-corrected chi connectivity index (χ1v) is 9.51. The molecule has 0 saturated heterocycles. The molecule has 1 amide bonds. The van der Waals surface area contributed by atoms with Crippen LogP contribution in [0.3, 0.4) is 0 Å². The summed E-state index contributed by atoms with van der Waals surface area (Å²) in [6.07, 6.45) is 5.10. The largest absolute Gasteiger partial charge is 0.497 e. The number of carbonyl (C=O) groups excluding carboxylic acids is 1. The maximum Gasteiger partial charge on any atom is 0.248 e. The fourth-order valence-corrected chi connectivity index (χ4v) is 2.97. The van der Waals surface area contributed by atoms with Gasteiger partial charge in [0.2, 0.25) is 5.91 Å². The zero-order valence-corrected chi connectivity index (χ0v) is 16.7. The average Bonchev–Trinajstić information content (AvgIpc) is 2.77. The van der Waals surface area contributed by atoms with Gasteiger partial charge in [-0.25, -0.2) is 0 Å². The number of carbonyl (C=O) groups is 1. The quantitative estimate of drug-likeness (QED) is 0.544. The normalized spacial score (nSPS) is 10.7. The molecule has 0 atom stereocenters. The standard InChI is InChI=1S/C25H25NO3/c1-28-23-16-21(17-24(18-23)29-2)9-8-20-10-13-22(14-11-20)26-25(27)15-12-19-6-4-3-5-7-19/h3-7,10-18H,8-9H2,1-2H3,(H,26,27)/b15-12+. The predicted octanol–water partition coefficient (Wildman–Crippen LogP) is 5.14. The maximum absolute atomic E-state index is 12.1. The Balaban J connectivity index is 1.55. The van der Waals surface area contributed by atoms with Crippen LogP contribution in [0.2, 0.25) is 0 Å². The summed E-state index contributed by atoms with van der Waals surface area (Å²) >= 11 is 0. The molecular weight excluding hydrogens is 362 g/mol. The number of ether oxygens (including phenoxy) is 2. The fourth-order valence-electron chi connectivity index (χ4n) is 2.97. The minimum Gasteiger partial charge on any atom is -0.497 e. The Morgan fingerprint density at radius 1 is 0.828 bits per heavy atom. The Labute approximate surface area is 171 Å². The van der Waals surface area contributed by atoms with Crippen molar-refractivity contribution in [2.75, 3.05) is 19.5 Å². The van der Waals surface area contributed by atoms with Crippen LogP contribution < -0.4 is 14.8 Å². The molecule has 1 N–H and O–H groups in total. The van der Waals surface area contributed by atoms with E-state index < -0.39 is 0 Å². The zero-order chi connectivity index (χ0) is 20.5. The number of rotatable bonds is 8. The van der Waals surface area contributed by atoms with Crippen LogP contribution >= 0.6 is 0 Å². The molecule has 0 saturated carbocycles. The van der Waals surface area contributed by atoms with E-state index in [9.17, 15) is 4.79 Å². The molecule has 3 rings (SSSR count). The number of hydrogen-bond donors (Lipinski definition) is 1. The van der Waals surface area contributed by atoms with E-state index in [2.05, 4.69) is 5.32 Å². The molecule has 3 aromatic carbocycles. The molecule has 0 aliphatic carbocycles. The van der Waals surface area contributed by atoms with Gasteiger partial charge in [0, 0.05) is 17.8 Å². The minimum atomic E-state index is -0.148. The first kappa shape index (κ1) is 20.2. The SMILES string of the molecule is COc1cc(CCc2ccc(NC(=O)/C=C/c3ccccc3)cc2)cc(OC)c1. The van der Waals surface area contributed by atoms with E-state index in [1.165, 1.54) is 5.56 Å². The second-order valence-corrected chi connectivity index (χ2v) is 6.65. The lowest BCUT2D eigenvalue weighted by molar-refractivity contribution is -0.111. The lowest BCUT2D eigenvalue weighted by atomic mass is 10.0. The van der Waals surface area contributed by atoms with Crippen molar-refractivity contribution in [2.45, 2.75) is 12.8 Å². The van der Waals surface area contributed by atoms with E-state index in [-0.39, 0.29) is 5.91 Å². The number of amides is 1. The highest BCUT2D eigenvalue weighted by molar-refractivity contribution is 6.01. The Morgan fingerprint density at radius 2 is 1.45 bits per heavy atom. The van der Waals surface area contributed by atoms with Gasteiger partial charge in [0.15, 0.2) is 0 Å². The van der Waals surface area contributed by atoms with E-state index in [1.54, 1.807) is 26.4 Å². The van der Waals surface area contributed by atoms with Crippen molar-refractivity contribution in [3.8, 4) is 11.5 Å². The van der Waals surface area contributed by atoms with Gasteiger partial charge in [-0.1, -0.05) is 42.5 Å². The molecule has 0 bridgehead atoms. The summed E-state index contributed by atoms with van der Waals surface area (Å²) in [4.78, 5) is 12.1. The zero-order valence-electron chi connectivity index (χ0n) is 16.7. The van der Waals surface area contributed by atoms with Gasteiger partial charge < -0.3 is 14.8 Å². The molecule has 0 heterocycles. The first-order valence-electron chi connectivity index (χ1n) is 9.51. The Kier molecular flexibility index (Phi) is 7.06. The third kappa shape index (κ3) is 6.25. The van der Waals surface area contributed by atoms with Gasteiger partial charge in [-0.15, -0.1) is 0 Å². The third-order valence-corrected chi connectivity index (χ3v) is 4.56. The Bertz CT molecular complexity index is 941. The molecule has 0 spiro atoms. The first-order chi connectivity index (χ1) is 14.2. The topological polar surface area (TPSA) is 47.6 Å². The van der Waals surface area contributed by atoms with E-state index in [1.807, 2.05) is 72.8 Å². The highest BCUT2D eigenvalue weighted by atomic mass is 16.5. The molecular formula is C25H25NO3. The summed E-state index contributed by atoms with van der Waals surface area (Å²) < 4.78 is 10.6. The van der Waals surface area contributed by atoms with Crippen LogP contribution in [0.4, 0.5) is 5.69 Å². The van der Waals surface area contributed by atoms with Crippen LogP contribution in [0.25, 0.3) is 6.08 Å². The van der Waals surface area contributed by atoms with Crippen LogP contribution in [-0.4, -0.2) is 20.1 Å². The maximum atomic E-state index is 12.1. The molecule has 4 heteroatoms.